The summed E-state index contributed by atoms with van der Waals surface area (Å²) in [6.45, 7) is 6.80. The van der Waals surface area contributed by atoms with Crippen molar-refractivity contribution in [3.8, 4) is 0 Å². The van der Waals surface area contributed by atoms with Crippen LogP contribution in [-0.2, 0) is 14.3 Å². The van der Waals surface area contributed by atoms with Gasteiger partial charge in [0.15, 0.2) is 5.78 Å². The lowest BCUT2D eigenvalue weighted by atomic mass is 9.46. The highest BCUT2D eigenvalue weighted by atomic mass is 16.5. The zero-order chi connectivity index (χ0) is 18.5. The van der Waals surface area contributed by atoms with Crippen LogP contribution < -0.4 is 0 Å². The zero-order valence-electron chi connectivity index (χ0n) is 16.8. The van der Waals surface area contributed by atoms with Gasteiger partial charge in [-0.1, -0.05) is 20.3 Å². The summed E-state index contributed by atoms with van der Waals surface area (Å²) in [5.41, 5.74) is -0.286. The van der Waals surface area contributed by atoms with Crippen LogP contribution in [0.5, 0.6) is 0 Å². The predicted molar refractivity (Wildman–Crippen MR) is 101 cm³/mol. The molecule has 0 spiro atoms. The van der Waals surface area contributed by atoms with Crippen molar-refractivity contribution >= 4 is 11.8 Å². The first-order chi connectivity index (χ1) is 12.5. The normalized spacial score (nSPS) is 48.1. The fourth-order valence-corrected chi connectivity index (χ4v) is 7.59. The average molecular weight is 361 g/mol. The summed E-state index contributed by atoms with van der Waals surface area (Å²) in [7, 11) is 0. The Bertz CT molecular complexity index is 570. The van der Waals surface area contributed by atoms with E-state index in [0.29, 0.717) is 18.9 Å². The van der Waals surface area contributed by atoms with Gasteiger partial charge in [-0.15, -0.1) is 0 Å². The van der Waals surface area contributed by atoms with Crippen molar-refractivity contribution in [1.29, 1.82) is 0 Å². The van der Waals surface area contributed by atoms with Gasteiger partial charge in [0.05, 0.1) is 6.61 Å². The number of carbonyl (C=O) groups is 2. The monoisotopic (exact) mass is 360 g/mol. The molecule has 0 saturated heterocycles. The van der Waals surface area contributed by atoms with Crippen LogP contribution in [0.3, 0.4) is 0 Å². The largest absolute Gasteiger partial charge is 0.465 e. The van der Waals surface area contributed by atoms with Crippen LogP contribution in [-0.4, -0.2) is 18.4 Å². The lowest BCUT2D eigenvalue weighted by Gasteiger charge is -2.58. The van der Waals surface area contributed by atoms with Gasteiger partial charge >= 0.3 is 5.97 Å². The summed E-state index contributed by atoms with van der Waals surface area (Å²) in [4.78, 5) is 25.6. The second-order valence-electron chi connectivity index (χ2n) is 10.1. The van der Waals surface area contributed by atoms with Gasteiger partial charge in [0, 0.05) is 5.41 Å². The van der Waals surface area contributed by atoms with Crippen molar-refractivity contribution in [2.24, 2.45) is 46.8 Å². The van der Waals surface area contributed by atoms with E-state index < -0.39 is 5.92 Å². The SMILES string of the molecule is CCOC(=O)C1CC[C@H]2[C@@H]3CC[C@@H]4C[C@H](C)CC[C@@H]4[C@H]3CC[C@]2(C)C1=O. The Kier molecular flexibility index (Phi) is 4.94. The van der Waals surface area contributed by atoms with Gasteiger partial charge in [-0.05, 0) is 93.8 Å². The van der Waals surface area contributed by atoms with Crippen LogP contribution in [0.25, 0.3) is 0 Å². The number of hydrogen-bond donors (Lipinski definition) is 0. The second-order valence-corrected chi connectivity index (χ2v) is 10.1. The van der Waals surface area contributed by atoms with E-state index in [9.17, 15) is 9.59 Å². The first-order valence-corrected chi connectivity index (χ1v) is 11.2. The number of ketones is 1. The molecule has 4 saturated carbocycles. The van der Waals surface area contributed by atoms with Crippen molar-refractivity contribution < 1.29 is 14.3 Å². The summed E-state index contributed by atoms with van der Waals surface area (Å²) in [5.74, 6) is 4.24. The first kappa shape index (κ1) is 18.5. The van der Waals surface area contributed by atoms with Crippen LogP contribution in [0, 0.1) is 46.8 Å². The van der Waals surface area contributed by atoms with E-state index in [-0.39, 0.29) is 17.2 Å². The standard InChI is InChI=1S/C23H36O3/c1-4-26-22(25)19-9-10-20-18-8-6-15-13-14(2)5-7-16(15)17(18)11-12-23(20,3)21(19)24/h14-20H,4-13H2,1-3H3/t14-,15-,16+,17-,18-,19?,20+,23+/m1/s1. The summed E-state index contributed by atoms with van der Waals surface area (Å²) < 4.78 is 5.20. The maximum Gasteiger partial charge on any atom is 0.316 e. The van der Waals surface area contributed by atoms with E-state index in [1.54, 1.807) is 0 Å². The molecule has 0 heterocycles. The molecule has 146 valence electrons. The highest BCUT2D eigenvalue weighted by molar-refractivity contribution is 6.02. The predicted octanol–water partition coefficient (Wildman–Crippen LogP) is 5.02. The van der Waals surface area contributed by atoms with Crippen molar-refractivity contribution in [1.82, 2.24) is 0 Å². The zero-order valence-corrected chi connectivity index (χ0v) is 16.8. The fourth-order valence-electron chi connectivity index (χ4n) is 7.59. The molecule has 4 aliphatic carbocycles. The smallest absolute Gasteiger partial charge is 0.316 e. The van der Waals surface area contributed by atoms with Gasteiger partial charge in [0.1, 0.15) is 5.92 Å². The van der Waals surface area contributed by atoms with Crippen molar-refractivity contribution in [3.05, 3.63) is 0 Å². The van der Waals surface area contributed by atoms with Crippen molar-refractivity contribution in [2.75, 3.05) is 6.61 Å². The molecule has 8 atom stereocenters. The molecule has 4 fully saturated rings. The molecule has 1 unspecified atom stereocenters. The number of carbonyl (C=O) groups excluding carboxylic acids is 2. The van der Waals surface area contributed by atoms with E-state index in [2.05, 4.69) is 13.8 Å². The maximum absolute atomic E-state index is 13.3. The molecular weight excluding hydrogens is 324 g/mol. The summed E-state index contributed by atoms with van der Waals surface area (Å²) in [6.07, 6.45) is 10.9. The van der Waals surface area contributed by atoms with E-state index in [4.69, 9.17) is 4.74 Å². The Morgan fingerprint density at radius 2 is 1.81 bits per heavy atom. The molecule has 0 radical (unpaired) electrons. The number of ether oxygens (including phenoxy) is 1. The Hall–Kier alpha value is -0.860. The lowest BCUT2D eigenvalue weighted by molar-refractivity contribution is -0.165. The van der Waals surface area contributed by atoms with Crippen molar-refractivity contribution in [2.45, 2.75) is 78.6 Å². The number of hydrogen-bond acceptors (Lipinski definition) is 3. The first-order valence-electron chi connectivity index (χ1n) is 11.2. The van der Waals surface area contributed by atoms with Gasteiger partial charge in [-0.3, -0.25) is 9.59 Å². The van der Waals surface area contributed by atoms with Crippen LogP contribution >= 0.6 is 0 Å². The Morgan fingerprint density at radius 1 is 1.04 bits per heavy atom. The summed E-state index contributed by atoms with van der Waals surface area (Å²) >= 11 is 0. The summed E-state index contributed by atoms with van der Waals surface area (Å²) in [5, 5.41) is 0. The van der Waals surface area contributed by atoms with Crippen LogP contribution in [0.2, 0.25) is 0 Å². The Morgan fingerprint density at radius 3 is 2.58 bits per heavy atom. The third kappa shape index (κ3) is 2.85. The molecule has 4 aliphatic rings. The van der Waals surface area contributed by atoms with Gasteiger partial charge in [-0.2, -0.15) is 0 Å². The molecule has 0 bridgehead atoms. The molecule has 26 heavy (non-hydrogen) atoms. The van der Waals surface area contributed by atoms with Crippen molar-refractivity contribution in [3.63, 3.8) is 0 Å². The van der Waals surface area contributed by atoms with E-state index in [1.165, 1.54) is 38.5 Å². The molecule has 0 amide bonds. The van der Waals surface area contributed by atoms with Gasteiger partial charge in [0.2, 0.25) is 0 Å². The molecule has 4 rings (SSSR count). The quantitative estimate of drug-likeness (QED) is 0.513. The third-order valence-electron chi connectivity index (χ3n) is 8.82. The maximum atomic E-state index is 13.3. The minimum Gasteiger partial charge on any atom is -0.465 e. The molecular formula is C23H36O3. The molecule has 0 aromatic heterocycles. The Labute approximate surface area is 158 Å². The fraction of sp³-hybridized carbons (Fsp3) is 0.913. The van der Waals surface area contributed by atoms with Gasteiger partial charge in [0.25, 0.3) is 0 Å². The molecule has 0 N–H and O–H groups in total. The highest BCUT2D eigenvalue weighted by Gasteiger charge is 2.58. The van der Waals surface area contributed by atoms with Crippen LogP contribution in [0.4, 0.5) is 0 Å². The highest BCUT2D eigenvalue weighted by Crippen LogP contribution is 2.61. The lowest BCUT2D eigenvalue weighted by Crippen LogP contribution is -2.56. The molecule has 0 aromatic carbocycles. The second kappa shape index (κ2) is 6.95. The summed E-state index contributed by atoms with van der Waals surface area (Å²) in [6, 6.07) is 0. The van der Waals surface area contributed by atoms with Crippen LogP contribution in [0.15, 0.2) is 0 Å². The van der Waals surface area contributed by atoms with E-state index >= 15 is 0 Å². The topological polar surface area (TPSA) is 43.4 Å². The van der Waals surface area contributed by atoms with Gasteiger partial charge in [-0.25, -0.2) is 0 Å². The Balaban J connectivity index is 1.53. The molecule has 0 aromatic rings. The van der Waals surface area contributed by atoms with E-state index in [0.717, 1.165) is 42.4 Å². The molecule has 3 nitrogen and oxygen atoms in total. The average Bonchev–Trinajstić information content (AvgIpc) is 2.62. The number of fused-ring (bicyclic) bond motifs is 5. The van der Waals surface area contributed by atoms with Gasteiger partial charge < -0.3 is 4.74 Å². The number of esters is 1. The number of Topliss-reactive ketones (excluding diaryl/α,β-unsaturated/α-hetero) is 1. The number of rotatable bonds is 2. The third-order valence-corrected chi connectivity index (χ3v) is 8.82. The minimum absolute atomic E-state index is 0.199. The molecule has 3 heteroatoms. The minimum atomic E-state index is -0.500. The van der Waals surface area contributed by atoms with Crippen LogP contribution in [0.1, 0.15) is 78.6 Å². The molecule has 0 aliphatic heterocycles. The van der Waals surface area contributed by atoms with E-state index in [1.807, 2.05) is 6.92 Å².